The van der Waals surface area contributed by atoms with Gasteiger partial charge in [-0.1, -0.05) is 0 Å². The monoisotopic (exact) mass is 533 g/mol. The van der Waals surface area contributed by atoms with Crippen LogP contribution in [0.5, 0.6) is 5.75 Å². The van der Waals surface area contributed by atoms with Gasteiger partial charge in [0.1, 0.15) is 12.3 Å². The number of methoxy groups -OCH3 is 1. The molecule has 4 heterocycles. The van der Waals surface area contributed by atoms with Crippen molar-refractivity contribution in [3.05, 3.63) is 42.9 Å². The van der Waals surface area contributed by atoms with E-state index in [1.807, 2.05) is 42.3 Å². The summed E-state index contributed by atoms with van der Waals surface area (Å²) in [6, 6.07) is 7.77. The van der Waals surface area contributed by atoms with Gasteiger partial charge in [0.05, 0.1) is 24.5 Å². The molecule has 5 aromatic rings. The van der Waals surface area contributed by atoms with Crippen LogP contribution in [-0.4, -0.2) is 41.5 Å². The molecule has 0 aliphatic carbocycles. The fraction of sp³-hybridized carbons (Fsp3) is 0.150. The van der Waals surface area contributed by atoms with E-state index in [-0.39, 0.29) is 6.54 Å². The van der Waals surface area contributed by atoms with Gasteiger partial charge in [-0.25, -0.2) is 4.98 Å². The number of fused-ring (bicyclic) bond motifs is 4. The SMILES string of the molecule is COc1ccc2c(c1)c(-c1cc3c4c(cnc3n1SI)cnn4C)cn2CC(=O)O. The number of benzene rings is 1. The molecule has 0 spiro atoms. The average molecular weight is 533 g/mol. The third-order valence-corrected chi connectivity index (χ3v) is 6.91. The Labute approximate surface area is 187 Å². The number of pyridine rings is 1. The summed E-state index contributed by atoms with van der Waals surface area (Å²) in [6.45, 7) is -0.120. The molecule has 4 aromatic heterocycles. The first-order chi connectivity index (χ1) is 14.5. The van der Waals surface area contributed by atoms with E-state index in [9.17, 15) is 9.90 Å². The molecule has 1 aromatic carbocycles. The zero-order valence-corrected chi connectivity index (χ0v) is 19.0. The highest BCUT2D eigenvalue weighted by molar-refractivity contribution is 14.2. The molecular formula is C20H16IN5O3S. The first-order valence-electron chi connectivity index (χ1n) is 9.02. The standard InChI is InChI=1S/C20H16IN5O3S/c1-24-19-11(8-23-24)7-22-20-14(19)6-17(26(20)30-21)15-9-25(10-18(27)28)16-4-3-12(29-2)5-13(15)16/h3-9H,10H2,1-2H3,(H,27,28). The third-order valence-electron chi connectivity index (χ3n) is 5.22. The Kier molecular flexibility index (Phi) is 4.62. The summed E-state index contributed by atoms with van der Waals surface area (Å²) in [5.74, 6) is -0.176. The van der Waals surface area contributed by atoms with E-state index in [1.54, 1.807) is 17.9 Å². The summed E-state index contributed by atoms with van der Waals surface area (Å²) in [4.78, 5) is 16.1. The number of carbonyl (C=O) groups is 1. The van der Waals surface area contributed by atoms with Gasteiger partial charge in [0, 0.05) is 77.0 Å². The maximum absolute atomic E-state index is 11.4. The first-order valence-corrected chi connectivity index (χ1v) is 12.3. The number of hydrogen-bond acceptors (Lipinski definition) is 5. The molecular weight excluding hydrogens is 517 g/mol. The molecule has 5 rings (SSSR count). The lowest BCUT2D eigenvalue weighted by atomic mass is 10.1. The molecule has 0 amide bonds. The van der Waals surface area contributed by atoms with Gasteiger partial charge in [-0.3, -0.25) is 13.4 Å². The maximum atomic E-state index is 11.4. The molecule has 0 aliphatic rings. The predicted octanol–water partition coefficient (Wildman–Crippen LogP) is 4.48. The highest BCUT2D eigenvalue weighted by atomic mass is 127. The van der Waals surface area contributed by atoms with Crippen LogP contribution in [0.4, 0.5) is 0 Å². The number of carboxylic acids is 1. The van der Waals surface area contributed by atoms with Gasteiger partial charge < -0.3 is 14.4 Å². The number of aliphatic carboxylic acids is 1. The van der Waals surface area contributed by atoms with E-state index in [0.717, 1.165) is 44.1 Å². The summed E-state index contributed by atoms with van der Waals surface area (Å²) >= 11 is 2.24. The summed E-state index contributed by atoms with van der Waals surface area (Å²) in [7, 11) is 5.06. The van der Waals surface area contributed by atoms with Crippen molar-refractivity contribution in [1.29, 1.82) is 0 Å². The Morgan fingerprint density at radius 1 is 1.27 bits per heavy atom. The minimum Gasteiger partial charge on any atom is -0.497 e. The van der Waals surface area contributed by atoms with Crippen molar-refractivity contribution < 1.29 is 14.6 Å². The molecule has 0 bridgehead atoms. The summed E-state index contributed by atoms with van der Waals surface area (Å²) in [5.41, 5.74) is 4.54. The van der Waals surface area contributed by atoms with Gasteiger partial charge >= 0.3 is 5.97 Å². The molecule has 0 radical (unpaired) electrons. The number of aromatic nitrogens is 5. The van der Waals surface area contributed by atoms with Crippen molar-refractivity contribution in [2.24, 2.45) is 7.05 Å². The number of halogens is 1. The number of aryl methyl sites for hydroxylation is 1. The van der Waals surface area contributed by atoms with E-state index in [4.69, 9.17) is 4.74 Å². The molecule has 1 N–H and O–H groups in total. The summed E-state index contributed by atoms with van der Waals surface area (Å²) in [5, 5.41) is 16.6. The summed E-state index contributed by atoms with van der Waals surface area (Å²) in [6.07, 6.45) is 5.52. The van der Waals surface area contributed by atoms with Gasteiger partial charge in [-0.15, -0.1) is 0 Å². The van der Waals surface area contributed by atoms with Crippen LogP contribution in [0.1, 0.15) is 0 Å². The second-order valence-electron chi connectivity index (χ2n) is 6.91. The van der Waals surface area contributed by atoms with Crippen LogP contribution < -0.4 is 4.74 Å². The largest absolute Gasteiger partial charge is 0.497 e. The van der Waals surface area contributed by atoms with Crippen LogP contribution in [0.25, 0.3) is 44.1 Å². The van der Waals surface area contributed by atoms with Crippen LogP contribution in [0, 0.1) is 0 Å². The van der Waals surface area contributed by atoms with Crippen molar-refractivity contribution in [3.8, 4) is 17.0 Å². The highest BCUT2D eigenvalue weighted by Crippen LogP contribution is 2.40. The topological polar surface area (TPSA) is 87.1 Å². The fourth-order valence-electron chi connectivity index (χ4n) is 3.93. The van der Waals surface area contributed by atoms with Crippen LogP contribution in [0.2, 0.25) is 0 Å². The molecule has 152 valence electrons. The van der Waals surface area contributed by atoms with Crippen LogP contribution in [0.15, 0.2) is 42.9 Å². The molecule has 0 unspecified atom stereocenters. The molecule has 0 fully saturated rings. The van der Waals surface area contributed by atoms with Crippen molar-refractivity contribution in [3.63, 3.8) is 0 Å². The minimum atomic E-state index is -0.892. The van der Waals surface area contributed by atoms with Crippen LogP contribution in [-0.2, 0) is 18.4 Å². The maximum Gasteiger partial charge on any atom is 0.323 e. The second kappa shape index (κ2) is 7.20. The van der Waals surface area contributed by atoms with Gasteiger partial charge in [-0.05, 0) is 24.3 Å². The van der Waals surface area contributed by atoms with Crippen molar-refractivity contribution >= 4 is 69.1 Å². The van der Waals surface area contributed by atoms with E-state index >= 15 is 0 Å². The molecule has 30 heavy (non-hydrogen) atoms. The van der Waals surface area contributed by atoms with E-state index in [1.165, 1.54) is 9.12 Å². The second-order valence-corrected chi connectivity index (χ2v) is 8.59. The van der Waals surface area contributed by atoms with Gasteiger partial charge in [0.2, 0.25) is 0 Å². The number of hydrogen-bond donors (Lipinski definition) is 1. The normalized spacial score (nSPS) is 11.7. The highest BCUT2D eigenvalue weighted by Gasteiger charge is 2.20. The molecule has 10 heteroatoms. The lowest BCUT2D eigenvalue weighted by Crippen LogP contribution is -2.07. The van der Waals surface area contributed by atoms with E-state index in [2.05, 4.69) is 41.3 Å². The van der Waals surface area contributed by atoms with E-state index < -0.39 is 5.97 Å². The Balaban J connectivity index is 1.86. The lowest BCUT2D eigenvalue weighted by molar-refractivity contribution is -0.137. The lowest BCUT2D eigenvalue weighted by Gasteiger charge is -2.05. The van der Waals surface area contributed by atoms with Gasteiger partial charge in [0.15, 0.2) is 5.65 Å². The van der Waals surface area contributed by atoms with Gasteiger partial charge in [0.25, 0.3) is 0 Å². The number of ether oxygens (including phenoxy) is 1. The van der Waals surface area contributed by atoms with Gasteiger partial charge in [-0.2, -0.15) is 5.10 Å². The Hall–Kier alpha value is -2.73. The minimum absolute atomic E-state index is 0.120. The summed E-state index contributed by atoms with van der Waals surface area (Å²) < 4.78 is 11.1. The molecule has 0 atom stereocenters. The fourth-order valence-corrected chi connectivity index (χ4v) is 5.56. The third kappa shape index (κ3) is 2.85. The number of carboxylic acid groups (broad SMARTS) is 1. The first kappa shape index (κ1) is 19.2. The van der Waals surface area contributed by atoms with Crippen molar-refractivity contribution in [2.45, 2.75) is 6.54 Å². The van der Waals surface area contributed by atoms with E-state index in [0.29, 0.717) is 5.75 Å². The zero-order valence-electron chi connectivity index (χ0n) is 16.0. The molecule has 0 saturated carbocycles. The molecule has 0 saturated heterocycles. The zero-order chi connectivity index (χ0) is 21.0. The molecule has 8 nitrogen and oxygen atoms in total. The Morgan fingerprint density at radius 2 is 2.10 bits per heavy atom. The number of nitrogens with zero attached hydrogens (tertiary/aromatic N) is 5. The molecule has 0 aliphatic heterocycles. The van der Waals surface area contributed by atoms with Crippen molar-refractivity contribution in [2.75, 3.05) is 7.11 Å². The van der Waals surface area contributed by atoms with Crippen molar-refractivity contribution in [1.82, 2.24) is 23.3 Å². The quantitative estimate of drug-likeness (QED) is 0.336. The Morgan fingerprint density at radius 3 is 2.83 bits per heavy atom. The smallest absolute Gasteiger partial charge is 0.323 e. The Bertz CT molecular complexity index is 1450. The predicted molar refractivity (Wildman–Crippen MR) is 126 cm³/mol. The average Bonchev–Trinajstić information content (AvgIpc) is 3.40. The number of rotatable bonds is 5. The van der Waals surface area contributed by atoms with Crippen LogP contribution >= 0.6 is 30.3 Å². The van der Waals surface area contributed by atoms with Crippen LogP contribution in [0.3, 0.4) is 0 Å².